The Hall–Kier alpha value is -3.56. The maximum atomic E-state index is 13.1. The number of ketones is 1. The summed E-state index contributed by atoms with van der Waals surface area (Å²) in [5.74, 6) is -2.83. The number of hydrogen-bond acceptors (Lipinski definition) is 7. The van der Waals surface area contributed by atoms with Gasteiger partial charge >= 0.3 is 5.97 Å². The van der Waals surface area contributed by atoms with E-state index in [0.717, 1.165) is 5.56 Å². The van der Waals surface area contributed by atoms with Crippen LogP contribution in [-0.2, 0) is 40.1 Å². The van der Waals surface area contributed by atoms with Crippen molar-refractivity contribution in [1.82, 2.24) is 10.2 Å². The monoisotopic (exact) mass is 599 g/mol. The van der Waals surface area contributed by atoms with Crippen molar-refractivity contribution in [2.45, 2.75) is 101 Å². The molecule has 2 N–H and O–H groups in total. The van der Waals surface area contributed by atoms with Gasteiger partial charge in [-0.1, -0.05) is 53.7 Å². The Morgan fingerprint density at radius 3 is 2.09 bits per heavy atom. The molecule has 1 fully saturated rings. The Bertz CT molecular complexity index is 1190. The molecule has 1 aliphatic heterocycles. The predicted molar refractivity (Wildman–Crippen MR) is 163 cm³/mol. The van der Waals surface area contributed by atoms with Gasteiger partial charge in [-0.25, -0.2) is 0 Å². The van der Waals surface area contributed by atoms with Gasteiger partial charge in [0.05, 0.1) is 17.4 Å². The van der Waals surface area contributed by atoms with E-state index in [1.807, 2.05) is 34.6 Å². The fourth-order valence-electron chi connectivity index (χ4n) is 4.69. The molecule has 1 unspecified atom stereocenters. The number of carbonyl (C=O) groups is 6. The maximum Gasteiger partial charge on any atom is 0.311 e. The van der Waals surface area contributed by atoms with E-state index in [1.165, 1.54) is 4.90 Å². The van der Waals surface area contributed by atoms with Gasteiger partial charge < -0.3 is 15.4 Å². The number of Topliss-reactive ketones (excluding diaryl/α,β-unsaturated/α-hetero) is 1. The molecule has 1 aliphatic rings. The lowest BCUT2D eigenvalue weighted by Gasteiger charge is -2.25. The van der Waals surface area contributed by atoms with Crippen LogP contribution in [0.25, 0.3) is 0 Å². The zero-order chi connectivity index (χ0) is 32.7. The molecule has 1 saturated heterocycles. The Kier molecular flexibility index (Phi) is 12.2. The third kappa shape index (κ3) is 10.6. The van der Waals surface area contributed by atoms with Crippen LogP contribution in [0, 0.1) is 28.6 Å². The quantitative estimate of drug-likeness (QED) is 0.249. The first-order valence-corrected chi connectivity index (χ1v) is 15.0. The molecule has 0 aliphatic carbocycles. The molecule has 3 atom stereocenters. The Morgan fingerprint density at radius 1 is 0.977 bits per heavy atom. The first-order chi connectivity index (χ1) is 19.8. The summed E-state index contributed by atoms with van der Waals surface area (Å²) in [6.45, 7) is 16.7. The predicted octanol–water partition coefficient (Wildman–Crippen LogP) is 4.65. The van der Waals surface area contributed by atoms with Gasteiger partial charge in [0.15, 0.2) is 5.78 Å². The molecule has 0 spiro atoms. The first-order valence-electron chi connectivity index (χ1n) is 15.0. The number of esters is 1. The molecule has 0 radical (unpaired) electrons. The van der Waals surface area contributed by atoms with Crippen molar-refractivity contribution >= 4 is 41.1 Å². The maximum absolute atomic E-state index is 13.1. The van der Waals surface area contributed by atoms with Crippen LogP contribution in [0.15, 0.2) is 24.3 Å². The molecule has 10 nitrogen and oxygen atoms in total. The number of hydrogen-bond donors (Lipinski definition) is 2. The van der Waals surface area contributed by atoms with Crippen molar-refractivity contribution in [1.29, 1.82) is 0 Å². The highest BCUT2D eigenvalue weighted by Crippen LogP contribution is 2.35. The van der Waals surface area contributed by atoms with Gasteiger partial charge in [-0.15, -0.1) is 0 Å². The number of carbonyl (C=O) groups excluding carboxylic acids is 6. The van der Waals surface area contributed by atoms with E-state index >= 15 is 0 Å². The minimum Gasteiger partial charge on any atom is -0.460 e. The normalized spacial score (nSPS) is 17.1. The number of imide groups is 1. The van der Waals surface area contributed by atoms with Crippen LogP contribution in [0.1, 0.15) is 93.6 Å². The largest absolute Gasteiger partial charge is 0.460 e. The van der Waals surface area contributed by atoms with Gasteiger partial charge in [0.25, 0.3) is 0 Å². The van der Waals surface area contributed by atoms with E-state index in [2.05, 4.69) is 10.6 Å². The molecular weight excluding hydrogens is 550 g/mol. The van der Waals surface area contributed by atoms with Crippen molar-refractivity contribution in [3.05, 3.63) is 29.8 Å². The third-order valence-corrected chi connectivity index (χ3v) is 7.56. The number of benzene rings is 1. The van der Waals surface area contributed by atoms with E-state index in [9.17, 15) is 28.8 Å². The van der Waals surface area contributed by atoms with Gasteiger partial charge in [0, 0.05) is 37.4 Å². The number of amides is 4. The standard InChI is InChI=1S/C33H49N3O7/c1-20(2)28(35-26(38)11-10-16-36-27(39)18-24(30(36)41)32(4,5)6)25(37)17-21(3)29(40)34-23-14-12-22(13-15-23)19-43-31(42)33(7,8)9/h12-15,20-21,24,28H,10-11,16-19H2,1-9H3,(H,34,40)(H,35,38)/t21-,24?,28+/m1/s1. The van der Waals surface area contributed by atoms with Gasteiger partial charge in [0.2, 0.25) is 23.6 Å². The molecule has 4 amide bonds. The average molecular weight is 600 g/mol. The number of rotatable bonds is 13. The highest BCUT2D eigenvalue weighted by atomic mass is 16.5. The van der Waals surface area contributed by atoms with Gasteiger partial charge in [0.1, 0.15) is 6.61 Å². The highest BCUT2D eigenvalue weighted by molar-refractivity contribution is 6.04. The summed E-state index contributed by atoms with van der Waals surface area (Å²) in [5, 5.41) is 5.58. The minimum atomic E-state index is -0.766. The van der Waals surface area contributed by atoms with Gasteiger partial charge in [-0.2, -0.15) is 0 Å². The SMILES string of the molecule is CC(C)[C@H](NC(=O)CCCN1C(=O)CC(C(C)(C)C)C1=O)C(=O)C[C@@H](C)C(=O)Nc1ccc(COC(=O)C(C)(C)C)cc1. The second-order valence-corrected chi connectivity index (χ2v) is 14.0. The molecule has 43 heavy (non-hydrogen) atoms. The van der Waals surface area contributed by atoms with Crippen LogP contribution in [-0.4, -0.2) is 52.9 Å². The summed E-state index contributed by atoms with van der Waals surface area (Å²) >= 11 is 0. The third-order valence-electron chi connectivity index (χ3n) is 7.56. The van der Waals surface area contributed by atoms with Crippen molar-refractivity contribution in [3.63, 3.8) is 0 Å². The van der Waals surface area contributed by atoms with Crippen LogP contribution in [0.3, 0.4) is 0 Å². The van der Waals surface area contributed by atoms with E-state index in [0.29, 0.717) is 12.1 Å². The summed E-state index contributed by atoms with van der Waals surface area (Å²) < 4.78 is 5.31. The molecular formula is C33H49N3O7. The zero-order valence-corrected chi connectivity index (χ0v) is 27.2. The summed E-state index contributed by atoms with van der Waals surface area (Å²) in [7, 11) is 0. The topological polar surface area (TPSA) is 139 Å². The molecule has 10 heteroatoms. The van der Waals surface area contributed by atoms with Crippen LogP contribution in [0.4, 0.5) is 5.69 Å². The Labute approximate surface area is 255 Å². The van der Waals surface area contributed by atoms with Crippen LogP contribution < -0.4 is 10.6 Å². The lowest BCUT2D eigenvalue weighted by atomic mass is 9.80. The number of nitrogens with zero attached hydrogens (tertiary/aromatic N) is 1. The summed E-state index contributed by atoms with van der Waals surface area (Å²) in [4.78, 5) is 76.8. The molecule has 238 valence electrons. The van der Waals surface area contributed by atoms with E-state index < -0.39 is 17.4 Å². The molecule has 2 rings (SSSR count). The van der Waals surface area contributed by atoms with Crippen molar-refractivity contribution in [2.75, 3.05) is 11.9 Å². The fraction of sp³-hybridized carbons (Fsp3) is 0.636. The van der Waals surface area contributed by atoms with Gasteiger partial charge in [-0.05, 0) is 56.2 Å². The van der Waals surface area contributed by atoms with Crippen molar-refractivity contribution < 1.29 is 33.5 Å². The summed E-state index contributed by atoms with van der Waals surface area (Å²) in [6.07, 6.45) is 0.496. The molecule has 0 aromatic heterocycles. The molecule has 1 aromatic rings. The highest BCUT2D eigenvalue weighted by Gasteiger charge is 2.44. The zero-order valence-electron chi connectivity index (χ0n) is 27.2. The van der Waals surface area contributed by atoms with E-state index in [4.69, 9.17) is 4.74 Å². The van der Waals surface area contributed by atoms with E-state index in [1.54, 1.807) is 52.0 Å². The second kappa shape index (κ2) is 14.8. The lowest BCUT2D eigenvalue weighted by Crippen LogP contribution is -2.45. The Morgan fingerprint density at radius 2 is 1.58 bits per heavy atom. The number of nitrogens with one attached hydrogen (secondary N) is 2. The minimum absolute atomic E-state index is 0.0548. The first kappa shape index (κ1) is 35.6. The number of anilines is 1. The summed E-state index contributed by atoms with van der Waals surface area (Å²) in [6, 6.07) is 6.15. The number of likely N-dealkylation sites (tertiary alicyclic amines) is 1. The number of ether oxygens (including phenoxy) is 1. The van der Waals surface area contributed by atoms with Gasteiger partial charge in [-0.3, -0.25) is 33.7 Å². The Balaban J connectivity index is 1.84. The molecule has 1 aromatic carbocycles. The van der Waals surface area contributed by atoms with Crippen LogP contribution in [0.2, 0.25) is 0 Å². The lowest BCUT2D eigenvalue weighted by molar-refractivity contribution is -0.154. The van der Waals surface area contributed by atoms with Crippen LogP contribution in [0.5, 0.6) is 0 Å². The van der Waals surface area contributed by atoms with Crippen molar-refractivity contribution in [3.8, 4) is 0 Å². The summed E-state index contributed by atoms with van der Waals surface area (Å²) in [5.41, 5.74) is 0.424. The van der Waals surface area contributed by atoms with E-state index in [-0.39, 0.29) is 85.0 Å². The average Bonchev–Trinajstić information content (AvgIpc) is 3.19. The van der Waals surface area contributed by atoms with Crippen molar-refractivity contribution in [2.24, 2.45) is 28.6 Å². The smallest absolute Gasteiger partial charge is 0.311 e. The molecule has 1 heterocycles. The fourth-order valence-corrected chi connectivity index (χ4v) is 4.69. The van der Waals surface area contributed by atoms with Crippen LogP contribution >= 0.6 is 0 Å². The second-order valence-electron chi connectivity index (χ2n) is 14.0. The molecule has 0 bridgehead atoms. The molecule has 0 saturated carbocycles.